The van der Waals surface area contributed by atoms with Crippen molar-refractivity contribution in [2.75, 3.05) is 31.9 Å². The molecule has 4 heterocycles. The molecule has 0 spiro atoms. The fourth-order valence-electron chi connectivity index (χ4n) is 4.56. The molecule has 0 unspecified atom stereocenters. The van der Waals surface area contributed by atoms with E-state index < -0.39 is 0 Å². The molecule has 2 aliphatic rings. The Balaban J connectivity index is 1.39. The summed E-state index contributed by atoms with van der Waals surface area (Å²) in [5.74, 6) is 1.97. The molecular formula is C22H28N6O2S. The summed E-state index contributed by atoms with van der Waals surface area (Å²) in [6, 6.07) is 7.97. The van der Waals surface area contributed by atoms with Crippen LogP contribution in [0.5, 0.6) is 0 Å². The Kier molecular flexibility index (Phi) is 5.60. The maximum Gasteiger partial charge on any atom is 0.242 e. The van der Waals surface area contributed by atoms with E-state index in [-0.39, 0.29) is 18.4 Å². The van der Waals surface area contributed by atoms with E-state index in [9.17, 15) is 9.59 Å². The largest absolute Gasteiger partial charge is 0.342 e. The van der Waals surface area contributed by atoms with Crippen LogP contribution >= 0.6 is 11.8 Å². The van der Waals surface area contributed by atoms with E-state index in [2.05, 4.69) is 17.1 Å². The fraction of sp³-hybridized carbons (Fsp3) is 0.545. The molecule has 5 rings (SSSR count). The van der Waals surface area contributed by atoms with E-state index in [0.717, 1.165) is 62.9 Å². The van der Waals surface area contributed by atoms with Crippen LogP contribution in [0.3, 0.4) is 0 Å². The van der Waals surface area contributed by atoms with Gasteiger partial charge in [0.05, 0.1) is 16.8 Å². The molecule has 3 aromatic rings. The molecule has 0 saturated carbocycles. The number of piperidine rings is 1. The summed E-state index contributed by atoms with van der Waals surface area (Å²) in [5.41, 5.74) is 1.91. The SMILES string of the molecule is CC1CCN(C(=O)CSc2nnc3n(CC(=O)N4CCCC4)c4ccccc4n23)CC1. The molecule has 2 saturated heterocycles. The number of amides is 2. The van der Waals surface area contributed by atoms with Gasteiger partial charge in [-0.05, 0) is 43.7 Å². The maximum atomic E-state index is 12.8. The number of thioether (sulfide) groups is 1. The molecule has 1 aromatic carbocycles. The number of fused-ring (bicyclic) bond motifs is 3. The number of hydrogen-bond donors (Lipinski definition) is 0. The molecule has 8 nitrogen and oxygen atoms in total. The highest BCUT2D eigenvalue weighted by atomic mass is 32.2. The van der Waals surface area contributed by atoms with E-state index in [1.807, 2.05) is 43.0 Å². The lowest BCUT2D eigenvalue weighted by molar-refractivity contribution is -0.131. The number of carbonyl (C=O) groups excluding carboxylic acids is 2. The average Bonchev–Trinajstić information content (AvgIpc) is 3.51. The molecule has 0 atom stereocenters. The average molecular weight is 441 g/mol. The normalized spacial score (nSPS) is 17.8. The van der Waals surface area contributed by atoms with Gasteiger partial charge in [-0.3, -0.25) is 18.6 Å². The summed E-state index contributed by atoms with van der Waals surface area (Å²) in [7, 11) is 0. The highest BCUT2D eigenvalue weighted by Gasteiger charge is 2.24. The van der Waals surface area contributed by atoms with E-state index in [1.165, 1.54) is 11.8 Å². The second-order valence-electron chi connectivity index (χ2n) is 8.63. The lowest BCUT2D eigenvalue weighted by Crippen LogP contribution is -2.38. The van der Waals surface area contributed by atoms with Crippen molar-refractivity contribution in [2.45, 2.75) is 44.3 Å². The first-order chi connectivity index (χ1) is 15.1. The minimum Gasteiger partial charge on any atom is -0.342 e. The Morgan fingerprint density at radius 3 is 2.39 bits per heavy atom. The minimum absolute atomic E-state index is 0.118. The molecule has 0 bridgehead atoms. The Morgan fingerprint density at radius 1 is 0.968 bits per heavy atom. The van der Waals surface area contributed by atoms with Gasteiger partial charge in [0.1, 0.15) is 6.54 Å². The molecule has 2 aliphatic heterocycles. The van der Waals surface area contributed by atoms with Gasteiger partial charge in [0, 0.05) is 26.2 Å². The molecule has 164 valence electrons. The van der Waals surface area contributed by atoms with Gasteiger partial charge in [-0.25, -0.2) is 0 Å². The standard InChI is InChI=1S/C22H28N6O2S/c1-16-8-12-26(13-9-16)20(30)15-31-22-24-23-21-27(14-19(29)25-10-4-5-11-25)17-6-2-3-7-18(17)28(21)22/h2-3,6-7,16H,4-5,8-15H2,1H3. The number of benzene rings is 1. The predicted molar refractivity (Wildman–Crippen MR) is 120 cm³/mol. The Labute approximate surface area is 185 Å². The molecule has 0 N–H and O–H groups in total. The van der Waals surface area contributed by atoms with Crippen molar-refractivity contribution < 1.29 is 9.59 Å². The lowest BCUT2D eigenvalue weighted by atomic mass is 9.99. The summed E-state index contributed by atoms with van der Waals surface area (Å²) in [4.78, 5) is 29.4. The molecule has 31 heavy (non-hydrogen) atoms. The third-order valence-corrected chi connectivity index (χ3v) is 7.40. The summed E-state index contributed by atoms with van der Waals surface area (Å²) in [6.07, 6.45) is 4.29. The number of hydrogen-bond acceptors (Lipinski definition) is 5. The zero-order valence-corrected chi connectivity index (χ0v) is 18.7. The van der Waals surface area contributed by atoms with Crippen molar-refractivity contribution in [1.29, 1.82) is 0 Å². The second kappa shape index (κ2) is 8.53. The molecule has 2 aromatic heterocycles. The van der Waals surface area contributed by atoms with Crippen molar-refractivity contribution in [3.63, 3.8) is 0 Å². The van der Waals surface area contributed by atoms with Crippen LogP contribution in [-0.2, 0) is 16.1 Å². The van der Waals surface area contributed by atoms with Crippen LogP contribution < -0.4 is 0 Å². The zero-order chi connectivity index (χ0) is 21.4. The van der Waals surface area contributed by atoms with Crippen molar-refractivity contribution in [2.24, 2.45) is 5.92 Å². The molecule has 0 radical (unpaired) electrons. The van der Waals surface area contributed by atoms with E-state index >= 15 is 0 Å². The quantitative estimate of drug-likeness (QED) is 0.570. The highest BCUT2D eigenvalue weighted by molar-refractivity contribution is 7.99. The van der Waals surface area contributed by atoms with Gasteiger partial charge in [0.2, 0.25) is 17.6 Å². The van der Waals surface area contributed by atoms with Crippen LogP contribution in [0, 0.1) is 5.92 Å². The summed E-state index contributed by atoms with van der Waals surface area (Å²) in [5, 5.41) is 9.45. The molecule has 9 heteroatoms. The van der Waals surface area contributed by atoms with E-state index in [1.54, 1.807) is 0 Å². The van der Waals surface area contributed by atoms with Crippen molar-refractivity contribution >= 4 is 40.4 Å². The molecular weight excluding hydrogens is 412 g/mol. The third-order valence-electron chi connectivity index (χ3n) is 6.48. The second-order valence-corrected chi connectivity index (χ2v) is 9.58. The Bertz CT molecular complexity index is 1110. The zero-order valence-electron chi connectivity index (χ0n) is 17.9. The monoisotopic (exact) mass is 440 g/mol. The van der Waals surface area contributed by atoms with Crippen LogP contribution in [0.2, 0.25) is 0 Å². The molecule has 2 fully saturated rings. The van der Waals surface area contributed by atoms with Crippen LogP contribution in [0.4, 0.5) is 0 Å². The topological polar surface area (TPSA) is 75.7 Å². The number of rotatable bonds is 5. The first-order valence-electron chi connectivity index (χ1n) is 11.1. The Morgan fingerprint density at radius 2 is 1.65 bits per heavy atom. The van der Waals surface area contributed by atoms with E-state index in [0.29, 0.717) is 22.6 Å². The summed E-state index contributed by atoms with van der Waals surface area (Å²) < 4.78 is 3.92. The van der Waals surface area contributed by atoms with Gasteiger partial charge in [0.15, 0.2) is 5.16 Å². The first-order valence-corrected chi connectivity index (χ1v) is 12.1. The van der Waals surface area contributed by atoms with Crippen LogP contribution in [0.1, 0.15) is 32.6 Å². The van der Waals surface area contributed by atoms with Crippen molar-refractivity contribution in [1.82, 2.24) is 29.0 Å². The lowest BCUT2D eigenvalue weighted by Gasteiger charge is -2.30. The van der Waals surface area contributed by atoms with Crippen molar-refractivity contribution in [3.05, 3.63) is 24.3 Å². The van der Waals surface area contributed by atoms with Crippen LogP contribution in [-0.4, -0.2) is 72.7 Å². The van der Waals surface area contributed by atoms with Gasteiger partial charge in [-0.15, -0.1) is 10.2 Å². The molecule has 2 amide bonds. The molecule has 0 aliphatic carbocycles. The van der Waals surface area contributed by atoms with Gasteiger partial charge in [-0.1, -0.05) is 30.8 Å². The van der Waals surface area contributed by atoms with Crippen molar-refractivity contribution in [3.8, 4) is 0 Å². The smallest absolute Gasteiger partial charge is 0.242 e. The number of nitrogens with zero attached hydrogens (tertiary/aromatic N) is 6. The first kappa shape index (κ1) is 20.4. The van der Waals surface area contributed by atoms with Crippen LogP contribution in [0.25, 0.3) is 16.8 Å². The Hall–Kier alpha value is -2.55. The number of aromatic nitrogens is 4. The fourth-order valence-corrected chi connectivity index (χ4v) is 5.41. The number of carbonyl (C=O) groups is 2. The van der Waals surface area contributed by atoms with E-state index in [4.69, 9.17) is 0 Å². The van der Waals surface area contributed by atoms with Crippen LogP contribution in [0.15, 0.2) is 29.4 Å². The van der Waals surface area contributed by atoms with Gasteiger partial charge in [-0.2, -0.15) is 0 Å². The maximum absolute atomic E-state index is 12.8. The highest BCUT2D eigenvalue weighted by Crippen LogP contribution is 2.27. The minimum atomic E-state index is 0.118. The summed E-state index contributed by atoms with van der Waals surface area (Å²) >= 11 is 1.42. The number of para-hydroxylation sites is 2. The van der Waals surface area contributed by atoms with Gasteiger partial charge < -0.3 is 9.80 Å². The predicted octanol–water partition coefficient (Wildman–Crippen LogP) is 2.66. The summed E-state index contributed by atoms with van der Waals surface area (Å²) in [6.45, 7) is 5.85. The number of imidazole rings is 1. The third kappa shape index (κ3) is 3.91. The van der Waals surface area contributed by atoms with Gasteiger partial charge >= 0.3 is 0 Å². The number of likely N-dealkylation sites (tertiary alicyclic amines) is 2. The van der Waals surface area contributed by atoms with Gasteiger partial charge in [0.25, 0.3) is 0 Å².